The topological polar surface area (TPSA) is 12.0 Å². The van der Waals surface area contributed by atoms with E-state index in [4.69, 9.17) is 0 Å². The van der Waals surface area contributed by atoms with Gasteiger partial charge in [-0.2, -0.15) is 0 Å². The molecule has 0 spiro atoms. The number of hydrogen-bond acceptors (Lipinski definition) is 1. The van der Waals surface area contributed by atoms with E-state index in [0.717, 1.165) is 17.7 Å². The van der Waals surface area contributed by atoms with Crippen molar-refractivity contribution in [1.29, 1.82) is 0 Å². The highest BCUT2D eigenvalue weighted by Crippen LogP contribution is 2.26. The van der Waals surface area contributed by atoms with Crippen LogP contribution in [0.15, 0.2) is 18.2 Å². The van der Waals surface area contributed by atoms with E-state index in [1.165, 1.54) is 5.56 Å². The largest absolute Gasteiger partial charge is 0.316 e. The molecule has 1 rings (SSSR count). The van der Waals surface area contributed by atoms with E-state index in [0.29, 0.717) is 0 Å². The summed E-state index contributed by atoms with van der Waals surface area (Å²) in [5.41, 5.74) is 1.85. The van der Waals surface area contributed by atoms with Gasteiger partial charge in [-0.1, -0.05) is 18.2 Å². The zero-order valence-electron chi connectivity index (χ0n) is 9.32. The van der Waals surface area contributed by atoms with Crippen LogP contribution in [0.2, 0.25) is 0 Å². The van der Waals surface area contributed by atoms with Crippen LogP contribution in [0.5, 0.6) is 0 Å². The molecule has 1 aromatic carbocycles. The number of nitrogens with one attached hydrogen (secondary N) is 1. The lowest BCUT2D eigenvalue weighted by molar-refractivity contribution is 0.221. The van der Waals surface area contributed by atoms with Crippen LogP contribution < -0.4 is 5.32 Å². The van der Waals surface area contributed by atoms with Crippen molar-refractivity contribution in [3.05, 3.63) is 34.9 Å². The van der Waals surface area contributed by atoms with Crippen LogP contribution in [0.25, 0.3) is 0 Å². The summed E-state index contributed by atoms with van der Waals surface area (Å²) >= 11 is 0. The summed E-state index contributed by atoms with van der Waals surface area (Å²) in [5.74, 6) is 0. The minimum atomic E-state index is -1.25. The van der Waals surface area contributed by atoms with Crippen molar-refractivity contribution in [3.8, 4) is 0 Å². The van der Waals surface area contributed by atoms with Gasteiger partial charge in [0.2, 0.25) is 0 Å². The first-order valence-corrected chi connectivity index (χ1v) is 4.88. The van der Waals surface area contributed by atoms with Crippen molar-refractivity contribution in [3.63, 3.8) is 0 Å². The summed E-state index contributed by atoms with van der Waals surface area (Å²) < 4.78 is 13.7. The van der Waals surface area contributed by atoms with E-state index < -0.39 is 5.67 Å². The van der Waals surface area contributed by atoms with E-state index in [1.807, 2.05) is 32.2 Å². The predicted molar refractivity (Wildman–Crippen MR) is 58.1 cm³/mol. The lowest BCUT2D eigenvalue weighted by Gasteiger charge is -2.17. The molecule has 0 aliphatic rings. The quantitative estimate of drug-likeness (QED) is 0.782. The molecule has 0 bridgehead atoms. The van der Waals surface area contributed by atoms with Crippen molar-refractivity contribution < 1.29 is 4.39 Å². The zero-order valence-corrected chi connectivity index (χ0v) is 9.32. The third kappa shape index (κ3) is 2.55. The Morgan fingerprint density at radius 2 is 2.00 bits per heavy atom. The molecule has 2 heteroatoms. The number of aryl methyl sites for hydroxylation is 1. The predicted octanol–water partition coefficient (Wildman–Crippen LogP) is 2.92. The first-order chi connectivity index (χ1) is 6.45. The van der Waals surface area contributed by atoms with Crippen LogP contribution in [0, 0.1) is 6.92 Å². The minimum absolute atomic E-state index is 0.744. The van der Waals surface area contributed by atoms with Crippen LogP contribution >= 0.6 is 0 Å². The number of benzene rings is 1. The fourth-order valence-electron chi connectivity index (χ4n) is 1.42. The van der Waals surface area contributed by atoms with Crippen molar-refractivity contribution in [2.45, 2.75) is 33.0 Å². The molecule has 0 amide bonds. The molecule has 0 unspecified atom stereocenters. The van der Waals surface area contributed by atoms with Crippen molar-refractivity contribution >= 4 is 0 Å². The first kappa shape index (κ1) is 11.2. The Morgan fingerprint density at radius 1 is 1.36 bits per heavy atom. The lowest BCUT2D eigenvalue weighted by atomic mass is 9.96. The molecule has 14 heavy (non-hydrogen) atoms. The second-order valence-corrected chi connectivity index (χ2v) is 4.14. The maximum atomic E-state index is 13.7. The molecule has 78 valence electrons. The maximum Gasteiger partial charge on any atom is 0.130 e. The highest BCUT2D eigenvalue weighted by atomic mass is 19.1. The molecule has 1 N–H and O–H groups in total. The molecule has 0 saturated carbocycles. The normalized spacial score (nSPS) is 11.8. The zero-order chi connectivity index (χ0) is 10.8. The van der Waals surface area contributed by atoms with Crippen molar-refractivity contribution in [2.75, 3.05) is 7.05 Å². The average molecular weight is 195 g/mol. The Morgan fingerprint density at radius 3 is 2.50 bits per heavy atom. The summed E-state index contributed by atoms with van der Waals surface area (Å²) in [7, 11) is 1.90. The van der Waals surface area contributed by atoms with E-state index in [2.05, 4.69) is 5.32 Å². The third-order valence-corrected chi connectivity index (χ3v) is 2.40. The molecule has 0 aliphatic carbocycles. The molecule has 0 heterocycles. The van der Waals surface area contributed by atoms with Gasteiger partial charge in [-0.3, -0.25) is 0 Å². The van der Waals surface area contributed by atoms with Crippen LogP contribution in [-0.4, -0.2) is 7.05 Å². The molecule has 1 nitrogen and oxygen atoms in total. The summed E-state index contributed by atoms with van der Waals surface area (Å²) in [6.07, 6.45) is 0. The molecular weight excluding hydrogens is 177 g/mol. The fourth-order valence-corrected chi connectivity index (χ4v) is 1.42. The number of rotatable bonds is 3. The Kier molecular flexibility index (Phi) is 3.27. The molecule has 0 fully saturated rings. The minimum Gasteiger partial charge on any atom is -0.316 e. The molecule has 0 aromatic heterocycles. The van der Waals surface area contributed by atoms with Gasteiger partial charge in [-0.15, -0.1) is 0 Å². The average Bonchev–Trinajstić information content (AvgIpc) is 2.07. The van der Waals surface area contributed by atoms with E-state index >= 15 is 0 Å². The number of alkyl halides is 1. The highest BCUT2D eigenvalue weighted by Gasteiger charge is 2.18. The second-order valence-electron chi connectivity index (χ2n) is 4.14. The van der Waals surface area contributed by atoms with Gasteiger partial charge in [-0.25, -0.2) is 4.39 Å². The Labute approximate surface area is 85.3 Å². The Hall–Kier alpha value is -0.890. The summed E-state index contributed by atoms with van der Waals surface area (Å²) in [6, 6.07) is 5.77. The third-order valence-electron chi connectivity index (χ3n) is 2.40. The summed E-state index contributed by atoms with van der Waals surface area (Å²) in [4.78, 5) is 0. The van der Waals surface area contributed by atoms with E-state index in [9.17, 15) is 4.39 Å². The molecule has 0 atom stereocenters. The van der Waals surface area contributed by atoms with Crippen LogP contribution in [0.4, 0.5) is 4.39 Å². The van der Waals surface area contributed by atoms with Crippen molar-refractivity contribution in [1.82, 2.24) is 5.32 Å². The maximum absolute atomic E-state index is 13.7. The standard InChI is InChI=1S/C12H18FN/c1-9-5-6-11(12(2,3)13)7-10(9)8-14-4/h5-7,14H,8H2,1-4H3. The monoisotopic (exact) mass is 195 g/mol. The second kappa shape index (κ2) is 4.09. The molecule has 0 saturated heterocycles. The van der Waals surface area contributed by atoms with E-state index in [-0.39, 0.29) is 0 Å². The Bertz CT molecular complexity index is 313. The van der Waals surface area contributed by atoms with Gasteiger partial charge >= 0.3 is 0 Å². The first-order valence-electron chi connectivity index (χ1n) is 4.88. The fraction of sp³-hybridized carbons (Fsp3) is 0.500. The van der Waals surface area contributed by atoms with Gasteiger partial charge in [0.15, 0.2) is 0 Å². The highest BCUT2D eigenvalue weighted by molar-refractivity contribution is 5.33. The van der Waals surface area contributed by atoms with Gasteiger partial charge in [0.1, 0.15) is 5.67 Å². The van der Waals surface area contributed by atoms with Gasteiger partial charge in [0.05, 0.1) is 0 Å². The lowest BCUT2D eigenvalue weighted by Crippen LogP contribution is -2.12. The SMILES string of the molecule is CNCc1cc(C(C)(C)F)ccc1C. The van der Waals surface area contributed by atoms with Crippen LogP contribution in [0.1, 0.15) is 30.5 Å². The number of hydrogen-bond donors (Lipinski definition) is 1. The van der Waals surface area contributed by atoms with Crippen LogP contribution in [-0.2, 0) is 12.2 Å². The molecular formula is C12H18FN. The number of halogens is 1. The van der Waals surface area contributed by atoms with Gasteiger partial charge in [0.25, 0.3) is 0 Å². The molecule has 0 aliphatic heterocycles. The van der Waals surface area contributed by atoms with Crippen molar-refractivity contribution in [2.24, 2.45) is 0 Å². The van der Waals surface area contributed by atoms with Gasteiger partial charge < -0.3 is 5.32 Å². The Balaban J connectivity index is 3.06. The summed E-state index contributed by atoms with van der Waals surface area (Å²) in [6.45, 7) is 6.00. The van der Waals surface area contributed by atoms with Crippen LogP contribution in [0.3, 0.4) is 0 Å². The smallest absolute Gasteiger partial charge is 0.130 e. The van der Waals surface area contributed by atoms with Gasteiger partial charge in [0, 0.05) is 6.54 Å². The molecule has 0 radical (unpaired) electrons. The van der Waals surface area contributed by atoms with Gasteiger partial charge in [-0.05, 0) is 44.5 Å². The summed E-state index contributed by atoms with van der Waals surface area (Å²) in [5, 5.41) is 3.08. The van der Waals surface area contributed by atoms with E-state index in [1.54, 1.807) is 13.8 Å². The molecule has 1 aromatic rings.